The third kappa shape index (κ3) is 2.77. The van der Waals surface area contributed by atoms with Crippen LogP contribution in [0.5, 0.6) is 0 Å². The van der Waals surface area contributed by atoms with Crippen LogP contribution in [0, 0.1) is 0 Å². The zero-order chi connectivity index (χ0) is 10.5. The Morgan fingerprint density at radius 2 is 2.00 bits per heavy atom. The maximum Gasteiger partial charge on any atom is 0.0721 e. The summed E-state index contributed by atoms with van der Waals surface area (Å²) in [5.74, 6) is 0. The van der Waals surface area contributed by atoms with Crippen molar-refractivity contribution < 1.29 is 0 Å². The molecule has 0 spiro atoms. The number of nitrogens with zero attached hydrogens (tertiary/aromatic N) is 1. The molecule has 2 aromatic rings. The maximum atomic E-state index is 4.52. The van der Waals surface area contributed by atoms with Crippen molar-refractivity contribution in [3.05, 3.63) is 58.3 Å². The van der Waals surface area contributed by atoms with Crippen LogP contribution in [0.3, 0.4) is 0 Å². The summed E-state index contributed by atoms with van der Waals surface area (Å²) in [5, 5.41) is 4.16. The predicted octanol–water partition coefficient (Wildman–Crippen LogP) is 3.93. The van der Waals surface area contributed by atoms with Crippen molar-refractivity contribution in [1.29, 1.82) is 0 Å². The van der Waals surface area contributed by atoms with Crippen molar-refractivity contribution in [3.63, 3.8) is 0 Å². The van der Waals surface area contributed by atoms with Crippen molar-refractivity contribution in [2.45, 2.75) is 13.0 Å². The van der Waals surface area contributed by atoms with Crippen LogP contribution >= 0.6 is 11.3 Å². The van der Waals surface area contributed by atoms with Gasteiger partial charge in [0.15, 0.2) is 0 Å². The topological polar surface area (TPSA) is 12.4 Å². The summed E-state index contributed by atoms with van der Waals surface area (Å²) in [5.41, 5.74) is 2.44. The summed E-state index contributed by atoms with van der Waals surface area (Å²) >= 11 is 1.70. The molecule has 0 bridgehead atoms. The number of hydrogen-bond acceptors (Lipinski definition) is 2. The Bertz CT molecular complexity index is 417. The molecular weight excluding hydrogens is 202 g/mol. The molecule has 0 N–H and O–H groups in total. The minimum atomic E-state index is 0.228. The molecule has 0 unspecified atom stereocenters. The molecule has 1 atom stereocenters. The summed E-state index contributed by atoms with van der Waals surface area (Å²) in [6.07, 6.45) is 1.94. The van der Waals surface area contributed by atoms with E-state index in [4.69, 9.17) is 0 Å². The quantitative estimate of drug-likeness (QED) is 0.688. The highest BCUT2D eigenvalue weighted by Gasteiger charge is 1.99. The molecule has 1 aromatic carbocycles. The van der Waals surface area contributed by atoms with E-state index in [1.54, 1.807) is 11.3 Å². The van der Waals surface area contributed by atoms with Crippen LogP contribution in [0.2, 0.25) is 0 Å². The van der Waals surface area contributed by atoms with Gasteiger partial charge in [-0.1, -0.05) is 30.3 Å². The molecule has 1 aromatic heterocycles. The van der Waals surface area contributed by atoms with E-state index in [1.165, 1.54) is 11.1 Å². The van der Waals surface area contributed by atoms with Gasteiger partial charge in [-0.15, -0.1) is 0 Å². The van der Waals surface area contributed by atoms with Gasteiger partial charge in [0.2, 0.25) is 0 Å². The first-order chi connectivity index (χ1) is 7.36. The van der Waals surface area contributed by atoms with E-state index in [0.29, 0.717) is 0 Å². The van der Waals surface area contributed by atoms with Crippen LogP contribution in [0.1, 0.15) is 24.1 Å². The Labute approximate surface area is 94.1 Å². The van der Waals surface area contributed by atoms with Crippen molar-refractivity contribution in [2.75, 3.05) is 0 Å². The lowest BCUT2D eigenvalue weighted by Gasteiger charge is -2.04. The third-order valence-electron chi connectivity index (χ3n) is 2.27. The van der Waals surface area contributed by atoms with Crippen LogP contribution in [0.25, 0.3) is 0 Å². The molecule has 2 rings (SSSR count). The summed E-state index contributed by atoms with van der Waals surface area (Å²) in [4.78, 5) is 4.52. The number of rotatable bonds is 3. The molecule has 0 saturated heterocycles. The first kappa shape index (κ1) is 10.1. The lowest BCUT2D eigenvalue weighted by molar-refractivity contribution is 0.825. The van der Waals surface area contributed by atoms with Crippen LogP contribution in [0.15, 0.2) is 52.2 Å². The fourth-order valence-electron chi connectivity index (χ4n) is 1.36. The lowest BCUT2D eigenvalue weighted by Crippen LogP contribution is -1.89. The first-order valence-electron chi connectivity index (χ1n) is 4.96. The molecule has 15 heavy (non-hydrogen) atoms. The fourth-order valence-corrected chi connectivity index (χ4v) is 1.97. The molecular formula is C13H13NS. The van der Waals surface area contributed by atoms with E-state index in [-0.39, 0.29) is 6.04 Å². The third-order valence-corrected chi connectivity index (χ3v) is 2.97. The van der Waals surface area contributed by atoms with E-state index in [9.17, 15) is 0 Å². The van der Waals surface area contributed by atoms with Crippen LogP contribution in [0.4, 0.5) is 0 Å². The molecule has 1 heterocycles. The number of benzene rings is 1. The monoisotopic (exact) mass is 215 g/mol. The normalized spacial score (nSPS) is 13.1. The zero-order valence-electron chi connectivity index (χ0n) is 8.63. The minimum Gasteiger partial charge on any atom is -0.285 e. The zero-order valence-corrected chi connectivity index (χ0v) is 9.45. The van der Waals surface area contributed by atoms with Gasteiger partial charge in [-0.25, -0.2) is 0 Å². The molecule has 0 saturated carbocycles. The number of thiophene rings is 1. The van der Waals surface area contributed by atoms with E-state index >= 15 is 0 Å². The molecule has 0 radical (unpaired) electrons. The summed E-state index contributed by atoms with van der Waals surface area (Å²) in [6.45, 7) is 2.11. The standard InChI is InChI=1S/C13H13NS/c1-11(13-5-3-2-4-6-13)14-9-12-7-8-15-10-12/h2-11H,1H3/t11-/m1/s1. The van der Waals surface area contributed by atoms with Gasteiger partial charge in [0.05, 0.1) is 6.04 Å². The van der Waals surface area contributed by atoms with Gasteiger partial charge in [-0.05, 0) is 29.3 Å². The largest absolute Gasteiger partial charge is 0.285 e. The van der Waals surface area contributed by atoms with Crippen molar-refractivity contribution in [3.8, 4) is 0 Å². The molecule has 0 aliphatic carbocycles. The van der Waals surface area contributed by atoms with Gasteiger partial charge < -0.3 is 0 Å². The van der Waals surface area contributed by atoms with E-state index < -0.39 is 0 Å². The highest BCUT2D eigenvalue weighted by molar-refractivity contribution is 7.08. The van der Waals surface area contributed by atoms with Gasteiger partial charge in [0.1, 0.15) is 0 Å². The van der Waals surface area contributed by atoms with Crippen molar-refractivity contribution in [2.24, 2.45) is 4.99 Å². The van der Waals surface area contributed by atoms with E-state index in [1.807, 2.05) is 24.4 Å². The van der Waals surface area contributed by atoms with Gasteiger partial charge in [0.25, 0.3) is 0 Å². The lowest BCUT2D eigenvalue weighted by atomic mass is 10.1. The molecule has 0 fully saturated rings. The molecule has 0 aliphatic rings. The van der Waals surface area contributed by atoms with E-state index in [0.717, 1.165) is 0 Å². The summed E-state index contributed by atoms with van der Waals surface area (Å²) in [6, 6.07) is 12.6. The van der Waals surface area contributed by atoms with Gasteiger partial charge >= 0.3 is 0 Å². The van der Waals surface area contributed by atoms with Crippen molar-refractivity contribution >= 4 is 17.6 Å². The van der Waals surface area contributed by atoms with Crippen LogP contribution < -0.4 is 0 Å². The number of hydrogen-bond donors (Lipinski definition) is 0. The molecule has 2 heteroatoms. The average molecular weight is 215 g/mol. The van der Waals surface area contributed by atoms with Gasteiger partial charge in [-0.2, -0.15) is 11.3 Å². The second-order valence-corrected chi connectivity index (χ2v) is 4.20. The Morgan fingerprint density at radius 3 is 2.67 bits per heavy atom. The first-order valence-corrected chi connectivity index (χ1v) is 5.91. The van der Waals surface area contributed by atoms with E-state index in [2.05, 4.69) is 40.9 Å². The van der Waals surface area contributed by atoms with Gasteiger partial charge in [-0.3, -0.25) is 4.99 Å². The molecule has 0 aliphatic heterocycles. The molecule has 1 nitrogen and oxygen atoms in total. The SMILES string of the molecule is C[C@@H](N=Cc1ccsc1)c1ccccc1. The Morgan fingerprint density at radius 1 is 1.20 bits per heavy atom. The Kier molecular flexibility index (Phi) is 3.30. The fraction of sp³-hybridized carbons (Fsp3) is 0.154. The maximum absolute atomic E-state index is 4.52. The van der Waals surface area contributed by atoms with Gasteiger partial charge in [0, 0.05) is 11.8 Å². The second kappa shape index (κ2) is 4.89. The highest BCUT2D eigenvalue weighted by atomic mass is 32.1. The minimum absolute atomic E-state index is 0.228. The Hall–Kier alpha value is -1.41. The smallest absolute Gasteiger partial charge is 0.0721 e. The highest BCUT2D eigenvalue weighted by Crippen LogP contribution is 2.15. The molecule has 76 valence electrons. The second-order valence-electron chi connectivity index (χ2n) is 3.42. The number of aliphatic imine (C=N–C) groups is 1. The summed E-state index contributed by atoms with van der Waals surface area (Å²) in [7, 11) is 0. The van der Waals surface area contributed by atoms with Crippen molar-refractivity contribution in [1.82, 2.24) is 0 Å². The van der Waals surface area contributed by atoms with Crippen LogP contribution in [-0.2, 0) is 0 Å². The predicted molar refractivity (Wildman–Crippen MR) is 66.8 cm³/mol. The Balaban J connectivity index is 2.07. The average Bonchev–Trinajstić information content (AvgIpc) is 2.80. The summed E-state index contributed by atoms with van der Waals surface area (Å²) < 4.78 is 0. The van der Waals surface area contributed by atoms with Crippen LogP contribution in [-0.4, -0.2) is 6.21 Å². The molecule has 0 amide bonds.